The van der Waals surface area contributed by atoms with Crippen LogP contribution in [0, 0.1) is 10.1 Å². The highest BCUT2D eigenvalue weighted by molar-refractivity contribution is 6.56. The number of nitrogens with zero attached hydrogens (tertiary/aromatic N) is 2. The molecule has 2 heterocycles. The van der Waals surface area contributed by atoms with Crippen molar-refractivity contribution < 1.29 is 4.92 Å². The van der Waals surface area contributed by atoms with Crippen molar-refractivity contribution in [2.24, 2.45) is 0 Å². The fraction of sp³-hybridized carbons (Fsp3) is 0.692. The molecule has 0 aromatic heterocycles. The van der Waals surface area contributed by atoms with Gasteiger partial charge in [-0.25, -0.2) is 0 Å². The van der Waals surface area contributed by atoms with Gasteiger partial charge in [0.05, 0.1) is 4.92 Å². The smallest absolute Gasteiger partial charge is 0.334 e. The highest BCUT2D eigenvalue weighted by atomic mass is 35.5. The largest absolute Gasteiger partial charge is 0.364 e. The average molecular weight is 335 g/mol. The van der Waals surface area contributed by atoms with Crippen molar-refractivity contribution in [1.29, 1.82) is 0 Å². The van der Waals surface area contributed by atoms with Gasteiger partial charge < -0.3 is 15.5 Å². The highest BCUT2D eigenvalue weighted by Crippen LogP contribution is 2.35. The molecule has 0 spiro atoms. The van der Waals surface area contributed by atoms with Gasteiger partial charge in [0.15, 0.2) is 11.5 Å². The summed E-state index contributed by atoms with van der Waals surface area (Å²) in [6, 6.07) is 0.321. The van der Waals surface area contributed by atoms with Crippen molar-refractivity contribution in [3.63, 3.8) is 0 Å². The first-order valence-electron chi connectivity index (χ1n) is 7.14. The lowest BCUT2D eigenvalue weighted by molar-refractivity contribution is -0.424. The lowest BCUT2D eigenvalue weighted by Crippen LogP contribution is -2.44. The molecule has 0 radical (unpaired) electrons. The fourth-order valence-electron chi connectivity index (χ4n) is 3.07. The van der Waals surface area contributed by atoms with Gasteiger partial charge in [-0.1, -0.05) is 23.2 Å². The molecule has 2 aliphatic rings. The van der Waals surface area contributed by atoms with Crippen LogP contribution in [0.5, 0.6) is 0 Å². The van der Waals surface area contributed by atoms with E-state index in [2.05, 4.69) is 10.6 Å². The van der Waals surface area contributed by atoms with E-state index in [1.165, 1.54) is 0 Å². The standard InChI is InChI=1S/C13H20Cl2N4O2/c1-8-4-3-5-9(2)18(8)10(12(14)15)11(19(20)21)13-16-6-7-17-13/h8-9,16-17H,3-7H2,1-2H3/t8-,9-/m0/s1. The summed E-state index contributed by atoms with van der Waals surface area (Å²) < 4.78 is -0.0645. The van der Waals surface area contributed by atoms with Crippen molar-refractivity contribution in [2.75, 3.05) is 13.1 Å². The first-order chi connectivity index (χ1) is 9.93. The van der Waals surface area contributed by atoms with Crippen LogP contribution in [0.3, 0.4) is 0 Å². The number of likely N-dealkylation sites (tertiary alicyclic amines) is 1. The van der Waals surface area contributed by atoms with Crippen LogP contribution in [-0.2, 0) is 0 Å². The molecule has 2 saturated heterocycles. The van der Waals surface area contributed by atoms with Gasteiger partial charge >= 0.3 is 5.70 Å². The maximum atomic E-state index is 11.6. The molecule has 2 fully saturated rings. The summed E-state index contributed by atoms with van der Waals surface area (Å²) in [5.74, 6) is 0.388. The number of nitrogens with one attached hydrogen (secondary N) is 2. The van der Waals surface area contributed by atoms with Crippen LogP contribution >= 0.6 is 23.2 Å². The maximum Gasteiger partial charge on any atom is 0.334 e. The Morgan fingerprint density at radius 2 is 1.76 bits per heavy atom. The molecule has 0 aliphatic carbocycles. The van der Waals surface area contributed by atoms with E-state index in [9.17, 15) is 10.1 Å². The molecule has 118 valence electrons. The minimum Gasteiger partial charge on any atom is -0.364 e. The quantitative estimate of drug-likeness (QED) is 0.613. The number of rotatable bonds is 3. The van der Waals surface area contributed by atoms with E-state index < -0.39 is 4.92 Å². The normalized spacial score (nSPS) is 25.1. The van der Waals surface area contributed by atoms with Gasteiger partial charge in [-0.3, -0.25) is 10.1 Å². The molecule has 0 amide bonds. The second kappa shape index (κ2) is 6.75. The van der Waals surface area contributed by atoms with Crippen molar-refractivity contribution in [3.05, 3.63) is 31.8 Å². The molecule has 2 aliphatic heterocycles. The van der Waals surface area contributed by atoms with Gasteiger partial charge in [0.2, 0.25) is 0 Å². The number of nitro groups is 1. The summed E-state index contributed by atoms with van der Waals surface area (Å²) in [6.45, 7) is 5.38. The van der Waals surface area contributed by atoms with Crippen LogP contribution in [0.1, 0.15) is 33.1 Å². The Morgan fingerprint density at radius 3 is 2.19 bits per heavy atom. The minimum atomic E-state index is -0.422. The van der Waals surface area contributed by atoms with Crippen LogP contribution < -0.4 is 10.6 Å². The first-order valence-corrected chi connectivity index (χ1v) is 7.89. The Hall–Kier alpha value is -1.14. The molecule has 2 atom stereocenters. The van der Waals surface area contributed by atoms with Gasteiger partial charge in [-0.15, -0.1) is 0 Å². The summed E-state index contributed by atoms with van der Waals surface area (Å²) >= 11 is 12.1. The molecule has 0 unspecified atom stereocenters. The Kier molecular flexibility index (Phi) is 5.22. The molecule has 0 bridgehead atoms. The monoisotopic (exact) mass is 334 g/mol. The molecule has 6 nitrogen and oxygen atoms in total. The van der Waals surface area contributed by atoms with E-state index in [1.807, 2.05) is 18.7 Å². The van der Waals surface area contributed by atoms with Crippen molar-refractivity contribution in [2.45, 2.75) is 45.2 Å². The highest BCUT2D eigenvalue weighted by Gasteiger charge is 2.37. The summed E-state index contributed by atoms with van der Waals surface area (Å²) in [5.41, 5.74) is 0.230. The predicted octanol–water partition coefficient (Wildman–Crippen LogP) is 2.53. The van der Waals surface area contributed by atoms with Gasteiger partial charge in [0.1, 0.15) is 4.49 Å². The molecule has 21 heavy (non-hydrogen) atoms. The van der Waals surface area contributed by atoms with E-state index in [0.717, 1.165) is 19.3 Å². The van der Waals surface area contributed by atoms with E-state index in [1.54, 1.807) is 0 Å². The number of hydrogen-bond donors (Lipinski definition) is 2. The third-order valence-electron chi connectivity index (χ3n) is 4.00. The van der Waals surface area contributed by atoms with Gasteiger partial charge in [0, 0.05) is 25.2 Å². The zero-order chi connectivity index (χ0) is 15.6. The van der Waals surface area contributed by atoms with Crippen LogP contribution in [0.15, 0.2) is 21.7 Å². The first kappa shape index (κ1) is 16.2. The third kappa shape index (κ3) is 3.37. The average Bonchev–Trinajstić information content (AvgIpc) is 2.90. The topological polar surface area (TPSA) is 70.4 Å². The fourth-order valence-corrected chi connectivity index (χ4v) is 3.45. The van der Waals surface area contributed by atoms with Gasteiger partial charge in [0.25, 0.3) is 0 Å². The summed E-state index contributed by atoms with van der Waals surface area (Å²) in [4.78, 5) is 13.1. The molecular weight excluding hydrogens is 315 g/mol. The maximum absolute atomic E-state index is 11.6. The number of halogens is 2. The van der Waals surface area contributed by atoms with Crippen LogP contribution in [-0.4, -0.2) is 35.0 Å². The van der Waals surface area contributed by atoms with Gasteiger partial charge in [-0.2, -0.15) is 0 Å². The molecular formula is C13H20Cl2N4O2. The SMILES string of the molecule is C[C@H]1CCC[C@H](C)N1C(=C(Cl)Cl)C(=C1NCCN1)[N+](=O)[O-]. The zero-order valence-corrected chi connectivity index (χ0v) is 13.7. The second-order valence-electron chi connectivity index (χ2n) is 5.48. The van der Waals surface area contributed by atoms with Gasteiger partial charge in [-0.05, 0) is 33.1 Å². The summed E-state index contributed by atoms with van der Waals surface area (Å²) in [5, 5.41) is 17.6. The third-order valence-corrected chi connectivity index (χ3v) is 4.36. The van der Waals surface area contributed by atoms with Crippen LogP contribution in [0.2, 0.25) is 0 Å². The number of piperidine rings is 1. The Bertz CT molecular complexity index is 471. The van der Waals surface area contributed by atoms with Crippen LogP contribution in [0.4, 0.5) is 0 Å². The lowest BCUT2D eigenvalue weighted by Gasteiger charge is -2.41. The van der Waals surface area contributed by atoms with Crippen LogP contribution in [0.25, 0.3) is 0 Å². The van der Waals surface area contributed by atoms with Crippen molar-refractivity contribution in [3.8, 4) is 0 Å². The summed E-state index contributed by atoms with van der Waals surface area (Å²) in [6.07, 6.45) is 3.04. The molecule has 2 N–H and O–H groups in total. The van der Waals surface area contributed by atoms with Crippen molar-refractivity contribution in [1.82, 2.24) is 15.5 Å². The Morgan fingerprint density at radius 1 is 1.24 bits per heavy atom. The predicted molar refractivity (Wildman–Crippen MR) is 83.4 cm³/mol. The molecule has 2 rings (SSSR count). The zero-order valence-electron chi connectivity index (χ0n) is 12.2. The van der Waals surface area contributed by atoms with E-state index >= 15 is 0 Å². The molecule has 0 aromatic rings. The lowest BCUT2D eigenvalue weighted by atomic mass is 9.96. The van der Waals surface area contributed by atoms with E-state index in [0.29, 0.717) is 24.6 Å². The number of hydrogen-bond acceptors (Lipinski definition) is 5. The van der Waals surface area contributed by atoms with E-state index in [4.69, 9.17) is 23.2 Å². The second-order valence-corrected chi connectivity index (χ2v) is 6.43. The molecule has 0 aromatic carbocycles. The Balaban J connectivity index is 2.49. The molecule has 8 heteroatoms. The minimum absolute atomic E-state index is 0.0645. The molecule has 0 saturated carbocycles. The van der Waals surface area contributed by atoms with Crippen molar-refractivity contribution >= 4 is 23.2 Å². The van der Waals surface area contributed by atoms with E-state index in [-0.39, 0.29) is 22.3 Å². The Labute approximate surface area is 134 Å². The summed E-state index contributed by atoms with van der Waals surface area (Å²) in [7, 11) is 0.